The lowest BCUT2D eigenvalue weighted by Crippen LogP contribution is -2.41. The molecule has 144 valence electrons. The second kappa shape index (κ2) is 8.43. The highest BCUT2D eigenvalue weighted by atomic mass is 19.2. The van der Waals surface area contributed by atoms with Gasteiger partial charge in [-0.2, -0.15) is 0 Å². The summed E-state index contributed by atoms with van der Waals surface area (Å²) in [4.78, 5) is 18.4. The van der Waals surface area contributed by atoms with Crippen molar-refractivity contribution in [2.75, 3.05) is 20.3 Å². The highest BCUT2D eigenvalue weighted by molar-refractivity contribution is 5.78. The van der Waals surface area contributed by atoms with Crippen LogP contribution in [0.15, 0.2) is 30.5 Å². The van der Waals surface area contributed by atoms with Gasteiger partial charge in [-0.15, -0.1) is 0 Å². The summed E-state index contributed by atoms with van der Waals surface area (Å²) < 4.78 is 37.7. The number of benzene rings is 1. The summed E-state index contributed by atoms with van der Waals surface area (Å²) in [6, 6.07) is 5.72. The zero-order valence-electron chi connectivity index (χ0n) is 15.4. The predicted octanol–water partition coefficient (Wildman–Crippen LogP) is 3.42. The molecule has 1 aliphatic rings. The summed E-state index contributed by atoms with van der Waals surface area (Å²) in [5.74, 6) is -1.39. The zero-order chi connectivity index (χ0) is 19.4. The highest BCUT2D eigenvalue weighted by Crippen LogP contribution is 2.33. The summed E-state index contributed by atoms with van der Waals surface area (Å²) in [6.07, 6.45) is 2.75. The molecule has 27 heavy (non-hydrogen) atoms. The van der Waals surface area contributed by atoms with Crippen LogP contribution < -0.4 is 4.74 Å². The fraction of sp³-hybridized carbons (Fsp3) is 0.400. The number of halogens is 2. The second-order valence-corrected chi connectivity index (χ2v) is 6.43. The van der Waals surface area contributed by atoms with Crippen LogP contribution in [0.1, 0.15) is 36.1 Å². The van der Waals surface area contributed by atoms with E-state index in [2.05, 4.69) is 4.98 Å². The van der Waals surface area contributed by atoms with Gasteiger partial charge in [0, 0.05) is 18.8 Å². The van der Waals surface area contributed by atoms with Gasteiger partial charge in [-0.3, -0.25) is 4.79 Å². The molecule has 0 fully saturated rings. The van der Waals surface area contributed by atoms with Gasteiger partial charge in [0.1, 0.15) is 6.61 Å². The van der Waals surface area contributed by atoms with Crippen LogP contribution in [0.2, 0.25) is 0 Å². The normalized spacial score (nSPS) is 16.1. The van der Waals surface area contributed by atoms with Crippen LogP contribution >= 0.6 is 0 Å². The van der Waals surface area contributed by atoms with Gasteiger partial charge in [0.2, 0.25) is 11.8 Å². The molecule has 0 aliphatic carbocycles. The SMILES string of the molecule is CCC1c2cc(F)c(F)cc2CCN1C(=O)COCc1ccc(OC)nc1. The first kappa shape index (κ1) is 19.2. The monoisotopic (exact) mass is 376 g/mol. The van der Waals surface area contributed by atoms with E-state index >= 15 is 0 Å². The van der Waals surface area contributed by atoms with E-state index in [1.165, 1.54) is 12.1 Å². The summed E-state index contributed by atoms with van der Waals surface area (Å²) in [7, 11) is 1.54. The predicted molar refractivity (Wildman–Crippen MR) is 95.3 cm³/mol. The number of methoxy groups -OCH3 is 1. The van der Waals surface area contributed by atoms with Crippen molar-refractivity contribution in [2.45, 2.75) is 32.4 Å². The second-order valence-electron chi connectivity index (χ2n) is 6.43. The molecule has 1 unspecified atom stereocenters. The minimum absolute atomic E-state index is 0.0818. The van der Waals surface area contributed by atoms with E-state index in [0.29, 0.717) is 30.8 Å². The number of hydrogen-bond acceptors (Lipinski definition) is 4. The van der Waals surface area contributed by atoms with Gasteiger partial charge in [-0.25, -0.2) is 13.8 Å². The number of amides is 1. The number of ether oxygens (including phenoxy) is 2. The van der Waals surface area contributed by atoms with Crippen molar-refractivity contribution >= 4 is 5.91 Å². The molecule has 1 aromatic carbocycles. The topological polar surface area (TPSA) is 51.7 Å². The quantitative estimate of drug-likeness (QED) is 0.775. The fourth-order valence-electron chi connectivity index (χ4n) is 3.39. The van der Waals surface area contributed by atoms with Crippen molar-refractivity contribution in [2.24, 2.45) is 0 Å². The lowest BCUT2D eigenvalue weighted by atomic mass is 9.90. The molecule has 1 amide bonds. The molecule has 0 saturated carbocycles. The van der Waals surface area contributed by atoms with Gasteiger partial charge >= 0.3 is 0 Å². The van der Waals surface area contributed by atoms with E-state index in [0.717, 1.165) is 11.1 Å². The van der Waals surface area contributed by atoms with Crippen molar-refractivity contribution in [3.05, 3.63) is 58.8 Å². The Hall–Kier alpha value is -2.54. The number of hydrogen-bond donors (Lipinski definition) is 0. The minimum atomic E-state index is -0.884. The van der Waals surface area contributed by atoms with E-state index in [1.54, 1.807) is 24.3 Å². The van der Waals surface area contributed by atoms with Crippen LogP contribution in [0.5, 0.6) is 5.88 Å². The largest absolute Gasteiger partial charge is 0.481 e. The summed E-state index contributed by atoms with van der Waals surface area (Å²) >= 11 is 0. The molecular formula is C20H22F2N2O3. The smallest absolute Gasteiger partial charge is 0.249 e. The third-order valence-corrected chi connectivity index (χ3v) is 4.75. The minimum Gasteiger partial charge on any atom is -0.481 e. The molecule has 1 aromatic heterocycles. The third kappa shape index (κ3) is 4.24. The van der Waals surface area contributed by atoms with Crippen molar-refractivity contribution < 1.29 is 23.0 Å². The highest BCUT2D eigenvalue weighted by Gasteiger charge is 2.30. The molecule has 2 aromatic rings. The first-order chi connectivity index (χ1) is 13.0. The third-order valence-electron chi connectivity index (χ3n) is 4.75. The number of carbonyl (C=O) groups excluding carboxylic acids is 1. The molecule has 2 heterocycles. The average molecular weight is 376 g/mol. The number of rotatable bonds is 6. The Morgan fingerprint density at radius 1 is 1.30 bits per heavy atom. The van der Waals surface area contributed by atoms with Crippen molar-refractivity contribution in [1.82, 2.24) is 9.88 Å². The van der Waals surface area contributed by atoms with Crippen LogP contribution in [-0.2, 0) is 22.6 Å². The number of carbonyl (C=O) groups is 1. The van der Waals surface area contributed by atoms with Gasteiger partial charge in [0.15, 0.2) is 11.6 Å². The van der Waals surface area contributed by atoms with Crippen LogP contribution in [0, 0.1) is 11.6 Å². The Labute approximate surface area is 156 Å². The Balaban J connectivity index is 1.62. The number of aromatic nitrogens is 1. The van der Waals surface area contributed by atoms with Crippen LogP contribution in [0.25, 0.3) is 0 Å². The zero-order valence-corrected chi connectivity index (χ0v) is 15.4. The number of nitrogens with zero attached hydrogens (tertiary/aromatic N) is 2. The van der Waals surface area contributed by atoms with Gasteiger partial charge < -0.3 is 14.4 Å². The molecule has 1 atom stereocenters. The van der Waals surface area contributed by atoms with Crippen LogP contribution in [0.4, 0.5) is 8.78 Å². The Morgan fingerprint density at radius 2 is 2.07 bits per heavy atom. The van der Waals surface area contributed by atoms with Crippen molar-refractivity contribution in [3.63, 3.8) is 0 Å². The molecule has 0 spiro atoms. The lowest BCUT2D eigenvalue weighted by molar-refractivity contribution is -0.139. The average Bonchev–Trinajstić information content (AvgIpc) is 2.68. The Bertz CT molecular complexity index is 812. The van der Waals surface area contributed by atoms with E-state index in [4.69, 9.17) is 9.47 Å². The molecule has 0 radical (unpaired) electrons. The first-order valence-electron chi connectivity index (χ1n) is 8.87. The van der Waals surface area contributed by atoms with Gasteiger partial charge in [-0.05, 0) is 47.7 Å². The Kier molecular flexibility index (Phi) is 6.01. The number of pyridine rings is 1. The van der Waals surface area contributed by atoms with Crippen LogP contribution in [-0.4, -0.2) is 36.1 Å². The van der Waals surface area contributed by atoms with Crippen LogP contribution in [0.3, 0.4) is 0 Å². The van der Waals surface area contributed by atoms with Crippen molar-refractivity contribution in [3.8, 4) is 5.88 Å². The fourth-order valence-corrected chi connectivity index (χ4v) is 3.39. The standard InChI is InChI=1S/C20H22F2N2O3/c1-3-18-15-9-17(22)16(21)8-14(15)6-7-24(18)20(25)12-27-11-13-4-5-19(26-2)23-10-13/h4-5,8-10,18H,3,6-7,11-12H2,1-2H3. The molecule has 0 N–H and O–H groups in total. The summed E-state index contributed by atoms with van der Waals surface area (Å²) in [5.41, 5.74) is 2.27. The van der Waals surface area contributed by atoms with Gasteiger partial charge in [0.05, 0.1) is 19.8 Å². The first-order valence-corrected chi connectivity index (χ1v) is 8.87. The molecule has 0 saturated heterocycles. The molecule has 5 nitrogen and oxygen atoms in total. The van der Waals surface area contributed by atoms with E-state index in [9.17, 15) is 13.6 Å². The summed E-state index contributed by atoms with van der Waals surface area (Å²) in [6.45, 7) is 2.55. The van der Waals surface area contributed by atoms with Gasteiger partial charge in [-0.1, -0.05) is 6.92 Å². The number of fused-ring (bicyclic) bond motifs is 1. The molecule has 0 bridgehead atoms. The maximum atomic E-state index is 13.7. The molecular weight excluding hydrogens is 354 g/mol. The molecule has 1 aliphatic heterocycles. The maximum Gasteiger partial charge on any atom is 0.249 e. The lowest BCUT2D eigenvalue weighted by Gasteiger charge is -2.37. The molecule has 7 heteroatoms. The molecule has 3 rings (SSSR count). The van der Waals surface area contributed by atoms with E-state index in [-0.39, 0.29) is 25.2 Å². The maximum absolute atomic E-state index is 13.7. The van der Waals surface area contributed by atoms with Gasteiger partial charge in [0.25, 0.3) is 0 Å². The van der Waals surface area contributed by atoms with Crippen molar-refractivity contribution in [1.29, 1.82) is 0 Å². The van der Waals surface area contributed by atoms with E-state index in [1.807, 2.05) is 13.0 Å². The summed E-state index contributed by atoms with van der Waals surface area (Å²) in [5, 5.41) is 0. The van der Waals surface area contributed by atoms with E-state index < -0.39 is 11.6 Å². The Morgan fingerprint density at radius 3 is 2.74 bits per heavy atom.